The van der Waals surface area contributed by atoms with Crippen molar-refractivity contribution in [3.05, 3.63) is 34.6 Å². The zero-order valence-corrected chi connectivity index (χ0v) is 15.5. The van der Waals surface area contributed by atoms with E-state index in [2.05, 4.69) is 22.1 Å². The summed E-state index contributed by atoms with van der Waals surface area (Å²) >= 11 is 1.58. The Morgan fingerprint density at radius 3 is 2.79 bits per heavy atom. The highest BCUT2D eigenvalue weighted by Crippen LogP contribution is 2.22. The number of nitrogens with zero attached hydrogens (tertiary/aromatic N) is 3. The van der Waals surface area contributed by atoms with Gasteiger partial charge in [0.15, 0.2) is 5.13 Å². The van der Waals surface area contributed by atoms with Crippen LogP contribution in [0.2, 0.25) is 0 Å². The average molecular weight is 346 g/mol. The van der Waals surface area contributed by atoms with Crippen LogP contribution >= 0.6 is 11.3 Å². The van der Waals surface area contributed by atoms with Gasteiger partial charge in [-0.25, -0.2) is 4.98 Å². The maximum absolute atomic E-state index is 12.5. The van der Waals surface area contributed by atoms with Crippen molar-refractivity contribution < 1.29 is 4.79 Å². The van der Waals surface area contributed by atoms with Crippen molar-refractivity contribution in [1.29, 1.82) is 0 Å². The van der Waals surface area contributed by atoms with E-state index in [1.165, 1.54) is 12.8 Å². The number of hydrogen-bond donors (Lipinski definition) is 1. The molecule has 0 atom stereocenters. The molecule has 5 nitrogen and oxygen atoms in total. The van der Waals surface area contributed by atoms with Crippen molar-refractivity contribution in [1.82, 2.24) is 19.8 Å². The SMILES string of the molecule is Cc1cc(C(=O)NCCN2CCC(C)CC2)c(C)n1-c1nccs1. The highest BCUT2D eigenvalue weighted by Gasteiger charge is 2.19. The second-order valence-corrected chi connectivity index (χ2v) is 7.59. The minimum atomic E-state index is 0.0104. The van der Waals surface area contributed by atoms with Crippen molar-refractivity contribution in [3.63, 3.8) is 0 Å². The summed E-state index contributed by atoms with van der Waals surface area (Å²) in [5, 5.41) is 5.93. The van der Waals surface area contributed by atoms with E-state index in [1.807, 2.05) is 29.9 Å². The van der Waals surface area contributed by atoms with Crippen LogP contribution in [0, 0.1) is 19.8 Å². The van der Waals surface area contributed by atoms with Crippen LogP contribution < -0.4 is 5.32 Å². The lowest BCUT2D eigenvalue weighted by Crippen LogP contribution is -2.39. The summed E-state index contributed by atoms with van der Waals surface area (Å²) in [6.45, 7) is 10.2. The van der Waals surface area contributed by atoms with E-state index in [-0.39, 0.29) is 5.91 Å². The number of rotatable bonds is 5. The quantitative estimate of drug-likeness (QED) is 0.905. The summed E-state index contributed by atoms with van der Waals surface area (Å²) in [5.41, 5.74) is 2.74. The van der Waals surface area contributed by atoms with Gasteiger partial charge in [-0.3, -0.25) is 9.36 Å². The number of nitrogens with one attached hydrogen (secondary N) is 1. The summed E-state index contributed by atoms with van der Waals surface area (Å²) in [7, 11) is 0. The molecule has 3 heterocycles. The summed E-state index contributed by atoms with van der Waals surface area (Å²) in [5.74, 6) is 0.850. The third-order valence-corrected chi connectivity index (χ3v) is 5.63. The number of thiazole rings is 1. The number of amides is 1. The number of hydrogen-bond acceptors (Lipinski definition) is 4. The number of likely N-dealkylation sites (tertiary alicyclic amines) is 1. The van der Waals surface area contributed by atoms with E-state index in [4.69, 9.17) is 0 Å². The molecule has 0 aliphatic carbocycles. The maximum atomic E-state index is 12.5. The van der Waals surface area contributed by atoms with Crippen molar-refractivity contribution in [2.24, 2.45) is 5.92 Å². The summed E-state index contributed by atoms with van der Waals surface area (Å²) < 4.78 is 2.05. The number of piperidine rings is 1. The Morgan fingerprint density at radius 1 is 1.38 bits per heavy atom. The van der Waals surface area contributed by atoms with Gasteiger partial charge in [0.1, 0.15) is 0 Å². The molecule has 1 fully saturated rings. The van der Waals surface area contributed by atoms with Crippen LogP contribution in [0.1, 0.15) is 41.5 Å². The summed E-state index contributed by atoms with van der Waals surface area (Å²) in [6.07, 6.45) is 4.32. The minimum Gasteiger partial charge on any atom is -0.351 e. The molecule has 1 saturated heterocycles. The van der Waals surface area contributed by atoms with Gasteiger partial charge in [-0.15, -0.1) is 11.3 Å². The van der Waals surface area contributed by atoms with Crippen LogP contribution in [-0.2, 0) is 0 Å². The first-order valence-electron chi connectivity index (χ1n) is 8.65. The van der Waals surface area contributed by atoms with Crippen LogP contribution in [0.4, 0.5) is 0 Å². The van der Waals surface area contributed by atoms with E-state index in [1.54, 1.807) is 17.5 Å². The number of carbonyl (C=O) groups excluding carboxylic acids is 1. The minimum absolute atomic E-state index is 0.0104. The third kappa shape index (κ3) is 3.70. The van der Waals surface area contributed by atoms with E-state index in [0.717, 1.165) is 47.6 Å². The molecule has 2 aromatic rings. The Hall–Kier alpha value is -1.66. The van der Waals surface area contributed by atoms with Crippen LogP contribution in [-0.4, -0.2) is 46.5 Å². The predicted octanol–water partition coefficient (Wildman–Crippen LogP) is 3.01. The van der Waals surface area contributed by atoms with Crippen LogP contribution in [0.3, 0.4) is 0 Å². The Labute approximate surface area is 147 Å². The molecule has 0 saturated carbocycles. The van der Waals surface area contributed by atoms with Gasteiger partial charge in [0.2, 0.25) is 0 Å². The van der Waals surface area contributed by atoms with Gasteiger partial charge in [-0.1, -0.05) is 6.92 Å². The zero-order chi connectivity index (χ0) is 17.1. The Morgan fingerprint density at radius 2 is 2.12 bits per heavy atom. The Kier molecular flexibility index (Phi) is 5.36. The van der Waals surface area contributed by atoms with Gasteiger partial charge in [0.25, 0.3) is 5.91 Å². The first-order chi connectivity index (χ1) is 11.6. The first-order valence-corrected chi connectivity index (χ1v) is 9.53. The van der Waals surface area contributed by atoms with Gasteiger partial charge in [0.05, 0.1) is 5.56 Å². The van der Waals surface area contributed by atoms with Gasteiger partial charge < -0.3 is 10.2 Å². The molecule has 6 heteroatoms. The molecule has 2 aromatic heterocycles. The molecule has 1 aliphatic heterocycles. The topological polar surface area (TPSA) is 50.2 Å². The Bertz CT molecular complexity index is 684. The van der Waals surface area contributed by atoms with E-state index in [0.29, 0.717) is 6.54 Å². The van der Waals surface area contributed by atoms with Gasteiger partial charge in [-0.05, 0) is 51.8 Å². The molecule has 0 aromatic carbocycles. The van der Waals surface area contributed by atoms with Gasteiger partial charge >= 0.3 is 0 Å². The van der Waals surface area contributed by atoms with E-state index >= 15 is 0 Å². The first kappa shape index (κ1) is 17.2. The van der Waals surface area contributed by atoms with Crippen molar-refractivity contribution in [2.45, 2.75) is 33.6 Å². The highest BCUT2D eigenvalue weighted by atomic mass is 32.1. The van der Waals surface area contributed by atoms with Crippen molar-refractivity contribution in [3.8, 4) is 5.13 Å². The molecule has 0 radical (unpaired) electrons. The van der Waals surface area contributed by atoms with Crippen LogP contribution in [0.15, 0.2) is 17.6 Å². The molecule has 1 N–H and O–H groups in total. The fourth-order valence-corrected chi connectivity index (χ4v) is 4.07. The zero-order valence-electron chi connectivity index (χ0n) is 14.7. The van der Waals surface area contributed by atoms with Gasteiger partial charge in [-0.2, -0.15) is 0 Å². The largest absolute Gasteiger partial charge is 0.351 e. The normalized spacial score (nSPS) is 16.5. The molecule has 130 valence electrons. The average Bonchev–Trinajstić information content (AvgIpc) is 3.17. The lowest BCUT2D eigenvalue weighted by atomic mass is 9.99. The second kappa shape index (κ2) is 7.49. The predicted molar refractivity (Wildman–Crippen MR) is 98.1 cm³/mol. The lowest BCUT2D eigenvalue weighted by Gasteiger charge is -2.30. The van der Waals surface area contributed by atoms with E-state index in [9.17, 15) is 4.79 Å². The Balaban J connectivity index is 1.59. The molecule has 0 bridgehead atoms. The number of carbonyl (C=O) groups is 1. The van der Waals surface area contributed by atoms with Gasteiger partial charge in [0, 0.05) is 36.1 Å². The highest BCUT2D eigenvalue weighted by molar-refractivity contribution is 7.12. The smallest absolute Gasteiger partial charge is 0.253 e. The number of aromatic nitrogens is 2. The molecule has 24 heavy (non-hydrogen) atoms. The molecule has 1 amide bonds. The molecular weight excluding hydrogens is 320 g/mol. The molecule has 0 unspecified atom stereocenters. The molecule has 3 rings (SSSR count). The fourth-order valence-electron chi connectivity index (χ4n) is 3.32. The number of aryl methyl sites for hydroxylation is 1. The molecular formula is C18H26N4OS. The van der Waals surface area contributed by atoms with Crippen LogP contribution in [0.5, 0.6) is 0 Å². The van der Waals surface area contributed by atoms with Crippen molar-refractivity contribution in [2.75, 3.05) is 26.2 Å². The lowest BCUT2D eigenvalue weighted by molar-refractivity contribution is 0.0944. The second-order valence-electron chi connectivity index (χ2n) is 6.71. The fraction of sp³-hybridized carbons (Fsp3) is 0.556. The van der Waals surface area contributed by atoms with Crippen LogP contribution in [0.25, 0.3) is 5.13 Å². The van der Waals surface area contributed by atoms with Crippen molar-refractivity contribution >= 4 is 17.2 Å². The summed E-state index contributed by atoms with van der Waals surface area (Å²) in [4.78, 5) is 19.3. The standard InChI is InChI=1S/C18H26N4OS/c1-13-4-8-21(9-5-13)10-6-19-17(23)16-12-14(2)22(15(16)3)18-20-7-11-24-18/h7,11-13H,4-6,8-10H2,1-3H3,(H,19,23). The molecule has 0 spiro atoms. The monoisotopic (exact) mass is 346 g/mol. The maximum Gasteiger partial charge on any atom is 0.253 e. The third-order valence-electron chi connectivity index (χ3n) is 4.88. The molecule has 1 aliphatic rings. The van der Waals surface area contributed by atoms with E-state index < -0.39 is 0 Å². The summed E-state index contributed by atoms with van der Waals surface area (Å²) in [6, 6.07) is 1.95.